The molecule has 0 aliphatic heterocycles. The molecule has 2 aromatic heterocycles. The number of H-pyrrole nitrogens is 1. The summed E-state index contributed by atoms with van der Waals surface area (Å²) in [5.41, 5.74) is 7.88. The zero-order valence-electron chi connectivity index (χ0n) is 23.7. The number of aromatic amines is 1. The number of rotatable bonds is 8. The van der Waals surface area contributed by atoms with E-state index in [1.54, 1.807) is 6.07 Å². The van der Waals surface area contributed by atoms with Crippen LogP contribution in [0, 0.1) is 11.3 Å². The lowest BCUT2D eigenvalue weighted by Crippen LogP contribution is -2.05. The molecule has 0 unspecified atom stereocenters. The smallest absolute Gasteiger partial charge is 0.249 e. The standard InChI is InChI=1S/C21H18N2O.C17H13NO/c22-13-7-8-14-24-21-16-19(17-9-3-1-4-10-17)15-20(23-21)18-11-5-2-6-12-18;19-17-12-15(13-7-3-1-4-8-13)11-16(18-17)14-9-5-2-6-10-14/h1-6,9-12,15-16H,7-8,14H2;1-12H,(H,18,19). The van der Waals surface area contributed by atoms with Gasteiger partial charge in [-0.15, -0.1) is 0 Å². The van der Waals surface area contributed by atoms with E-state index in [1.807, 2.05) is 121 Å². The van der Waals surface area contributed by atoms with Crippen molar-refractivity contribution in [3.8, 4) is 56.7 Å². The highest BCUT2D eigenvalue weighted by Gasteiger charge is 2.08. The largest absolute Gasteiger partial charge is 0.478 e. The number of ether oxygens (including phenoxy) is 1. The Labute approximate surface area is 251 Å². The van der Waals surface area contributed by atoms with Crippen molar-refractivity contribution in [2.75, 3.05) is 6.61 Å². The maximum atomic E-state index is 11.8. The molecule has 0 aliphatic rings. The minimum absolute atomic E-state index is 0.0831. The molecule has 0 saturated carbocycles. The number of pyridine rings is 2. The average Bonchev–Trinajstić information content (AvgIpc) is 3.08. The van der Waals surface area contributed by atoms with E-state index >= 15 is 0 Å². The fourth-order valence-corrected chi connectivity index (χ4v) is 4.58. The number of hydrogen-bond donors (Lipinski definition) is 1. The van der Waals surface area contributed by atoms with Gasteiger partial charge in [0.1, 0.15) is 0 Å². The lowest BCUT2D eigenvalue weighted by molar-refractivity contribution is 0.301. The summed E-state index contributed by atoms with van der Waals surface area (Å²) < 4.78 is 5.77. The van der Waals surface area contributed by atoms with Crippen LogP contribution in [0.25, 0.3) is 44.8 Å². The predicted octanol–water partition coefficient (Wildman–Crippen LogP) is 8.81. The van der Waals surface area contributed by atoms with Gasteiger partial charge in [-0.1, -0.05) is 121 Å². The van der Waals surface area contributed by atoms with Gasteiger partial charge in [0.05, 0.1) is 18.4 Å². The summed E-state index contributed by atoms with van der Waals surface area (Å²) in [5.74, 6) is 0.591. The van der Waals surface area contributed by atoms with E-state index in [1.165, 1.54) is 0 Å². The SMILES string of the molecule is N#CCCCOc1cc(-c2ccccc2)cc(-c2ccccc2)n1.O=c1cc(-c2ccccc2)cc(-c2ccccc2)[nH]1. The van der Waals surface area contributed by atoms with Gasteiger partial charge in [-0.25, -0.2) is 4.98 Å². The summed E-state index contributed by atoms with van der Waals surface area (Å²) >= 11 is 0. The quantitative estimate of drug-likeness (QED) is 0.188. The number of benzene rings is 4. The lowest BCUT2D eigenvalue weighted by Gasteiger charge is -2.10. The summed E-state index contributed by atoms with van der Waals surface area (Å²) in [7, 11) is 0. The van der Waals surface area contributed by atoms with Gasteiger partial charge < -0.3 is 9.72 Å². The van der Waals surface area contributed by atoms with Crippen molar-refractivity contribution in [2.45, 2.75) is 12.8 Å². The first-order valence-corrected chi connectivity index (χ1v) is 14.2. The lowest BCUT2D eigenvalue weighted by atomic mass is 10.0. The van der Waals surface area contributed by atoms with Gasteiger partial charge in [-0.2, -0.15) is 5.26 Å². The normalized spacial score (nSPS) is 10.2. The molecule has 4 aromatic carbocycles. The molecule has 6 rings (SSSR count). The molecular formula is C38H31N3O2. The van der Waals surface area contributed by atoms with Crippen molar-refractivity contribution in [1.29, 1.82) is 5.26 Å². The van der Waals surface area contributed by atoms with Crippen LogP contribution in [0.3, 0.4) is 0 Å². The van der Waals surface area contributed by atoms with E-state index in [-0.39, 0.29) is 5.56 Å². The first-order chi connectivity index (χ1) is 21.2. The predicted molar refractivity (Wildman–Crippen MR) is 173 cm³/mol. The van der Waals surface area contributed by atoms with Crippen molar-refractivity contribution in [3.05, 3.63) is 156 Å². The molecule has 43 heavy (non-hydrogen) atoms. The second-order valence-corrected chi connectivity index (χ2v) is 9.80. The van der Waals surface area contributed by atoms with Crippen LogP contribution in [0.15, 0.2) is 150 Å². The van der Waals surface area contributed by atoms with Crippen LogP contribution in [0.4, 0.5) is 0 Å². The third-order valence-electron chi connectivity index (χ3n) is 6.70. The van der Waals surface area contributed by atoms with Gasteiger partial charge in [0.2, 0.25) is 11.4 Å². The molecule has 5 heteroatoms. The Hall–Kier alpha value is -5.73. The van der Waals surface area contributed by atoms with Crippen molar-refractivity contribution in [1.82, 2.24) is 9.97 Å². The van der Waals surface area contributed by atoms with Crippen molar-refractivity contribution >= 4 is 0 Å². The molecule has 0 aliphatic carbocycles. The number of unbranched alkanes of at least 4 members (excludes halogenated alkanes) is 1. The topological polar surface area (TPSA) is 78.8 Å². The Bertz CT molecular complexity index is 1710. The van der Waals surface area contributed by atoms with Gasteiger partial charge in [0, 0.05) is 29.8 Å². The molecule has 0 amide bonds. The number of nitrogens with zero attached hydrogens (tertiary/aromatic N) is 2. The Morgan fingerprint density at radius 1 is 0.605 bits per heavy atom. The number of aromatic nitrogens is 2. The van der Waals surface area contributed by atoms with E-state index in [4.69, 9.17) is 10.00 Å². The van der Waals surface area contributed by atoms with Crippen LogP contribution in [0.1, 0.15) is 12.8 Å². The van der Waals surface area contributed by atoms with Gasteiger partial charge in [0.15, 0.2) is 0 Å². The maximum absolute atomic E-state index is 11.8. The summed E-state index contributed by atoms with van der Waals surface area (Å²) in [6, 6.07) is 49.8. The van der Waals surface area contributed by atoms with Gasteiger partial charge in [0.25, 0.3) is 0 Å². The number of nitrogens with one attached hydrogen (secondary N) is 1. The van der Waals surface area contributed by atoms with E-state index < -0.39 is 0 Å². The highest BCUT2D eigenvalue weighted by Crippen LogP contribution is 2.29. The van der Waals surface area contributed by atoms with Crippen LogP contribution >= 0.6 is 0 Å². The van der Waals surface area contributed by atoms with Crippen molar-refractivity contribution < 1.29 is 4.74 Å². The number of hydrogen-bond acceptors (Lipinski definition) is 4. The molecule has 210 valence electrons. The Morgan fingerprint density at radius 3 is 1.67 bits per heavy atom. The van der Waals surface area contributed by atoms with Crippen LogP contribution in [-0.4, -0.2) is 16.6 Å². The molecule has 0 atom stereocenters. The van der Waals surface area contributed by atoms with E-state index in [9.17, 15) is 4.79 Å². The molecular weight excluding hydrogens is 530 g/mol. The van der Waals surface area contributed by atoms with E-state index in [0.29, 0.717) is 25.3 Å². The molecule has 6 aromatic rings. The highest BCUT2D eigenvalue weighted by atomic mass is 16.5. The summed E-state index contributed by atoms with van der Waals surface area (Å²) in [5, 5.41) is 8.63. The zero-order chi connectivity index (χ0) is 29.7. The highest BCUT2D eigenvalue weighted by molar-refractivity contribution is 5.72. The fraction of sp³-hybridized carbons (Fsp3) is 0.0789. The van der Waals surface area contributed by atoms with E-state index in [0.717, 1.165) is 44.8 Å². The summed E-state index contributed by atoms with van der Waals surface area (Å²) in [6.45, 7) is 0.493. The van der Waals surface area contributed by atoms with E-state index in [2.05, 4.69) is 34.2 Å². The summed E-state index contributed by atoms with van der Waals surface area (Å²) in [4.78, 5) is 19.3. The van der Waals surface area contributed by atoms with Gasteiger partial charge in [-0.05, 0) is 46.4 Å². The molecule has 0 saturated heterocycles. The fourth-order valence-electron chi connectivity index (χ4n) is 4.58. The molecule has 1 N–H and O–H groups in total. The van der Waals surface area contributed by atoms with Crippen molar-refractivity contribution in [2.24, 2.45) is 0 Å². The molecule has 2 heterocycles. The van der Waals surface area contributed by atoms with Gasteiger partial charge in [-0.3, -0.25) is 4.79 Å². The number of nitriles is 1. The molecule has 0 fully saturated rings. The van der Waals surface area contributed by atoms with Crippen LogP contribution in [0.2, 0.25) is 0 Å². The monoisotopic (exact) mass is 561 g/mol. The molecule has 0 bridgehead atoms. The van der Waals surface area contributed by atoms with Crippen LogP contribution in [0.5, 0.6) is 5.88 Å². The second kappa shape index (κ2) is 14.8. The summed E-state index contributed by atoms with van der Waals surface area (Å²) in [6.07, 6.45) is 1.19. The minimum atomic E-state index is -0.0831. The zero-order valence-corrected chi connectivity index (χ0v) is 23.7. The van der Waals surface area contributed by atoms with Crippen LogP contribution in [-0.2, 0) is 0 Å². The molecule has 5 nitrogen and oxygen atoms in total. The molecule has 0 radical (unpaired) electrons. The third-order valence-corrected chi connectivity index (χ3v) is 6.70. The first-order valence-electron chi connectivity index (χ1n) is 14.2. The maximum Gasteiger partial charge on any atom is 0.249 e. The molecule has 0 spiro atoms. The van der Waals surface area contributed by atoms with Gasteiger partial charge >= 0.3 is 0 Å². The van der Waals surface area contributed by atoms with Crippen LogP contribution < -0.4 is 10.3 Å². The average molecular weight is 562 g/mol. The first kappa shape index (κ1) is 28.8. The Kier molecular flexibility index (Phi) is 9.89. The Morgan fingerprint density at radius 2 is 1.12 bits per heavy atom. The minimum Gasteiger partial charge on any atom is -0.478 e. The Balaban J connectivity index is 0.000000176. The van der Waals surface area contributed by atoms with Crippen molar-refractivity contribution in [3.63, 3.8) is 0 Å². The second-order valence-electron chi connectivity index (χ2n) is 9.80. The third kappa shape index (κ3) is 8.16.